The number of pyridine rings is 1. The number of carbonyl (C=O) groups is 2. The van der Waals surface area contributed by atoms with Gasteiger partial charge in [0.05, 0.1) is 24.9 Å². The number of hydrogen-bond donors (Lipinski definition) is 2. The minimum atomic E-state index is -1.05. The van der Waals surface area contributed by atoms with Gasteiger partial charge in [-0.05, 0) is 55.5 Å². The van der Waals surface area contributed by atoms with E-state index in [1.165, 1.54) is 30.3 Å². The summed E-state index contributed by atoms with van der Waals surface area (Å²) in [5.41, 5.74) is 0.769. The van der Waals surface area contributed by atoms with Crippen molar-refractivity contribution in [3.63, 3.8) is 0 Å². The van der Waals surface area contributed by atoms with Crippen molar-refractivity contribution in [2.75, 3.05) is 25.6 Å². The van der Waals surface area contributed by atoms with E-state index in [1.54, 1.807) is 44.5 Å². The molecule has 0 atom stereocenters. The van der Waals surface area contributed by atoms with Crippen LogP contribution < -0.4 is 25.0 Å². The number of methoxy groups -OCH3 is 1. The molecule has 0 aliphatic carbocycles. The minimum Gasteiger partial charge on any atom is -0.497 e. The van der Waals surface area contributed by atoms with Crippen molar-refractivity contribution in [1.82, 2.24) is 4.57 Å². The van der Waals surface area contributed by atoms with Gasteiger partial charge >= 0.3 is 5.97 Å². The zero-order valence-corrected chi connectivity index (χ0v) is 18.2. The fourth-order valence-corrected chi connectivity index (χ4v) is 3.04. The molecule has 9 nitrogen and oxygen atoms in total. The maximum atomic E-state index is 12.3. The average Bonchev–Trinajstić information content (AvgIpc) is 2.81. The van der Waals surface area contributed by atoms with Crippen LogP contribution in [0.15, 0.2) is 65.6 Å². The first kappa shape index (κ1) is 23.4. The summed E-state index contributed by atoms with van der Waals surface area (Å²) in [5.74, 6) is -0.0179. The molecule has 0 saturated carbocycles. The number of rotatable bonds is 10. The van der Waals surface area contributed by atoms with E-state index < -0.39 is 11.9 Å². The quantitative estimate of drug-likeness (QED) is 0.486. The molecule has 9 heteroatoms. The molecule has 0 aliphatic rings. The molecule has 0 unspecified atom stereocenters. The Kier molecular flexibility index (Phi) is 7.69. The van der Waals surface area contributed by atoms with Crippen LogP contribution in [0.4, 0.5) is 5.69 Å². The number of aromatic nitrogens is 1. The van der Waals surface area contributed by atoms with E-state index in [0.717, 1.165) is 5.75 Å². The Balaban J connectivity index is 1.56. The molecule has 2 aromatic carbocycles. The van der Waals surface area contributed by atoms with Gasteiger partial charge in [-0.2, -0.15) is 0 Å². The van der Waals surface area contributed by atoms with Crippen LogP contribution in [0, 0.1) is 6.92 Å². The smallest absolute Gasteiger partial charge is 0.335 e. The predicted octanol–water partition coefficient (Wildman–Crippen LogP) is 2.96. The normalized spacial score (nSPS) is 10.4. The van der Waals surface area contributed by atoms with Crippen molar-refractivity contribution in [2.45, 2.75) is 13.5 Å². The lowest BCUT2D eigenvalue weighted by atomic mass is 10.2. The van der Waals surface area contributed by atoms with Gasteiger partial charge in [0.2, 0.25) is 5.43 Å². The van der Waals surface area contributed by atoms with Crippen LogP contribution in [0.3, 0.4) is 0 Å². The first-order chi connectivity index (χ1) is 15.9. The Morgan fingerprint density at radius 1 is 0.970 bits per heavy atom. The van der Waals surface area contributed by atoms with Crippen LogP contribution in [0.25, 0.3) is 0 Å². The molecule has 33 heavy (non-hydrogen) atoms. The van der Waals surface area contributed by atoms with Gasteiger partial charge in [0.15, 0.2) is 12.4 Å². The van der Waals surface area contributed by atoms with Gasteiger partial charge in [-0.15, -0.1) is 0 Å². The summed E-state index contributed by atoms with van der Waals surface area (Å²) in [4.78, 5) is 35.3. The van der Waals surface area contributed by atoms with E-state index in [2.05, 4.69) is 5.32 Å². The van der Waals surface area contributed by atoms with Crippen molar-refractivity contribution in [2.24, 2.45) is 0 Å². The largest absolute Gasteiger partial charge is 0.497 e. The molecule has 0 fully saturated rings. The lowest BCUT2D eigenvalue weighted by Gasteiger charge is -2.15. The van der Waals surface area contributed by atoms with E-state index in [9.17, 15) is 14.4 Å². The third kappa shape index (κ3) is 6.36. The zero-order valence-electron chi connectivity index (χ0n) is 18.2. The number of carbonyl (C=O) groups excluding carboxylic acids is 1. The number of aromatic carboxylic acids is 1. The SMILES string of the molecule is COc1ccc(OCCn2ccc(=O)c(OCC(=O)Nc3ccc(C(=O)O)cc3)c2C)cc1. The molecule has 0 bridgehead atoms. The summed E-state index contributed by atoms with van der Waals surface area (Å²) >= 11 is 0. The second-order valence-corrected chi connectivity index (χ2v) is 7.03. The monoisotopic (exact) mass is 452 g/mol. The lowest BCUT2D eigenvalue weighted by molar-refractivity contribution is -0.118. The highest BCUT2D eigenvalue weighted by molar-refractivity contribution is 5.93. The van der Waals surface area contributed by atoms with Gasteiger partial charge in [-0.1, -0.05) is 0 Å². The summed E-state index contributed by atoms with van der Waals surface area (Å²) in [5, 5.41) is 11.5. The van der Waals surface area contributed by atoms with Gasteiger partial charge in [0.25, 0.3) is 5.91 Å². The summed E-state index contributed by atoms with van der Waals surface area (Å²) in [6.45, 7) is 2.19. The maximum Gasteiger partial charge on any atom is 0.335 e. The number of carboxylic acid groups (broad SMARTS) is 1. The molecule has 3 aromatic rings. The highest BCUT2D eigenvalue weighted by Crippen LogP contribution is 2.17. The second kappa shape index (κ2) is 10.9. The van der Waals surface area contributed by atoms with Crippen LogP contribution in [0.1, 0.15) is 16.1 Å². The van der Waals surface area contributed by atoms with Gasteiger partial charge in [0, 0.05) is 18.0 Å². The van der Waals surface area contributed by atoms with E-state index in [1.807, 2.05) is 4.57 Å². The number of nitrogens with zero attached hydrogens (tertiary/aromatic N) is 1. The van der Waals surface area contributed by atoms with Crippen molar-refractivity contribution in [3.05, 3.63) is 82.3 Å². The van der Waals surface area contributed by atoms with Gasteiger partial charge in [0.1, 0.15) is 18.1 Å². The predicted molar refractivity (Wildman–Crippen MR) is 121 cm³/mol. The molecule has 172 valence electrons. The molecule has 1 amide bonds. The van der Waals surface area contributed by atoms with E-state index in [4.69, 9.17) is 19.3 Å². The summed E-state index contributed by atoms with van der Waals surface area (Å²) in [6.07, 6.45) is 1.64. The van der Waals surface area contributed by atoms with Crippen molar-refractivity contribution in [1.29, 1.82) is 0 Å². The van der Waals surface area contributed by atoms with Crippen LogP contribution in [-0.2, 0) is 11.3 Å². The number of carboxylic acids is 1. The molecule has 1 heterocycles. The fourth-order valence-electron chi connectivity index (χ4n) is 3.04. The highest BCUT2D eigenvalue weighted by Gasteiger charge is 2.12. The van der Waals surface area contributed by atoms with Crippen molar-refractivity contribution >= 4 is 17.6 Å². The third-order valence-electron chi connectivity index (χ3n) is 4.81. The van der Waals surface area contributed by atoms with E-state index in [-0.39, 0.29) is 23.3 Å². The molecular formula is C24H24N2O7. The molecule has 0 radical (unpaired) electrons. The van der Waals surface area contributed by atoms with Gasteiger partial charge in [-0.25, -0.2) is 4.79 Å². The standard InChI is InChI=1S/C24H24N2O7/c1-16-23(33-15-22(28)25-18-5-3-17(4-6-18)24(29)30)21(27)11-12-26(16)13-14-32-20-9-7-19(31-2)8-10-20/h3-12H,13-15H2,1-2H3,(H,25,28)(H,29,30). The number of nitrogens with one attached hydrogen (secondary N) is 1. The van der Waals surface area contributed by atoms with Crippen LogP contribution in [0.5, 0.6) is 17.2 Å². The number of benzene rings is 2. The molecule has 0 spiro atoms. The zero-order chi connectivity index (χ0) is 23.8. The first-order valence-corrected chi connectivity index (χ1v) is 10.1. The topological polar surface area (TPSA) is 116 Å². The molecule has 0 aliphatic heterocycles. The average molecular weight is 452 g/mol. The Bertz CT molecular complexity index is 1170. The van der Waals surface area contributed by atoms with Gasteiger partial charge < -0.3 is 29.2 Å². The minimum absolute atomic E-state index is 0.0818. The lowest BCUT2D eigenvalue weighted by Crippen LogP contribution is -2.24. The Morgan fingerprint density at radius 3 is 2.27 bits per heavy atom. The maximum absolute atomic E-state index is 12.3. The van der Waals surface area contributed by atoms with E-state index >= 15 is 0 Å². The van der Waals surface area contributed by atoms with Crippen molar-refractivity contribution < 1.29 is 28.9 Å². The summed E-state index contributed by atoms with van der Waals surface area (Å²) in [7, 11) is 1.59. The van der Waals surface area contributed by atoms with Crippen LogP contribution in [0.2, 0.25) is 0 Å². The molecule has 2 N–H and O–H groups in total. The number of anilines is 1. The Hall–Kier alpha value is -4.27. The molecular weight excluding hydrogens is 428 g/mol. The molecule has 1 aromatic heterocycles. The fraction of sp³-hybridized carbons (Fsp3) is 0.208. The number of ether oxygens (including phenoxy) is 3. The molecule has 3 rings (SSSR count). The highest BCUT2D eigenvalue weighted by atomic mass is 16.5. The van der Waals surface area contributed by atoms with Gasteiger partial charge in [-0.3, -0.25) is 9.59 Å². The van der Waals surface area contributed by atoms with Crippen molar-refractivity contribution in [3.8, 4) is 17.2 Å². The first-order valence-electron chi connectivity index (χ1n) is 10.1. The number of amides is 1. The molecule has 0 saturated heterocycles. The Morgan fingerprint density at radius 2 is 1.64 bits per heavy atom. The second-order valence-electron chi connectivity index (χ2n) is 7.03. The van der Waals surface area contributed by atoms with E-state index in [0.29, 0.717) is 30.3 Å². The third-order valence-corrected chi connectivity index (χ3v) is 4.81. The summed E-state index contributed by atoms with van der Waals surface area (Å²) in [6, 6.07) is 14.3. The number of hydrogen-bond acceptors (Lipinski definition) is 6. The summed E-state index contributed by atoms with van der Waals surface area (Å²) < 4.78 is 18.2. The van der Waals surface area contributed by atoms with Crippen LogP contribution in [-0.4, -0.2) is 41.9 Å². The van der Waals surface area contributed by atoms with Crippen LogP contribution >= 0.6 is 0 Å². The Labute approximate surface area is 190 Å².